The number of para-hydroxylation sites is 1. The molecule has 1 aromatic carbocycles. The van der Waals surface area contributed by atoms with Crippen molar-refractivity contribution in [1.82, 2.24) is 19.5 Å². The highest BCUT2D eigenvalue weighted by atomic mass is 16.1. The van der Waals surface area contributed by atoms with E-state index in [0.717, 1.165) is 23.2 Å². The van der Waals surface area contributed by atoms with Gasteiger partial charge in [0.1, 0.15) is 6.54 Å². The molecule has 0 saturated heterocycles. The number of benzene rings is 1. The zero-order valence-electron chi connectivity index (χ0n) is 12.6. The summed E-state index contributed by atoms with van der Waals surface area (Å²) in [6.07, 6.45) is 5.63. The van der Waals surface area contributed by atoms with Crippen molar-refractivity contribution in [2.75, 3.05) is 5.32 Å². The maximum Gasteiger partial charge on any atom is 0.244 e. The van der Waals surface area contributed by atoms with Gasteiger partial charge in [-0.15, -0.1) is 0 Å². The second-order valence-corrected chi connectivity index (χ2v) is 5.09. The Bertz CT molecular complexity index is 824. The molecule has 0 bridgehead atoms. The lowest BCUT2D eigenvalue weighted by molar-refractivity contribution is -0.116. The van der Waals surface area contributed by atoms with Crippen molar-refractivity contribution in [1.29, 1.82) is 0 Å². The fraction of sp³-hybridized carbons (Fsp3) is 0.250. The van der Waals surface area contributed by atoms with Crippen LogP contribution in [0.2, 0.25) is 0 Å². The highest BCUT2D eigenvalue weighted by Crippen LogP contribution is 2.21. The minimum absolute atomic E-state index is 0.103. The lowest BCUT2D eigenvalue weighted by atomic mass is 10.1. The summed E-state index contributed by atoms with van der Waals surface area (Å²) in [5.74, 6) is -0.103. The average Bonchev–Trinajstić information content (AvgIpc) is 2.92. The number of hydrogen-bond acceptors (Lipinski definition) is 4. The van der Waals surface area contributed by atoms with Gasteiger partial charge in [-0.1, -0.05) is 25.1 Å². The summed E-state index contributed by atoms with van der Waals surface area (Å²) in [4.78, 5) is 24.8. The minimum Gasteiger partial charge on any atom is -0.324 e. The molecule has 0 aliphatic heterocycles. The van der Waals surface area contributed by atoms with Crippen LogP contribution in [0, 0.1) is 6.92 Å². The predicted octanol–water partition coefficient (Wildman–Crippen LogP) is 2.34. The quantitative estimate of drug-likeness (QED) is 0.802. The van der Waals surface area contributed by atoms with E-state index >= 15 is 0 Å². The van der Waals surface area contributed by atoms with E-state index in [0.29, 0.717) is 11.3 Å². The normalized spacial score (nSPS) is 10.8. The van der Waals surface area contributed by atoms with Gasteiger partial charge in [0.05, 0.1) is 6.33 Å². The standard InChI is InChI=1S/C16H17N5O/c1-3-12-6-4-5-11(2)14(12)20-13(22)9-21-10-19-15-16(21)18-8-7-17-15/h4-8,10H,3,9H2,1-2H3,(H,20,22). The Hall–Kier alpha value is -2.76. The van der Waals surface area contributed by atoms with Crippen molar-refractivity contribution in [2.45, 2.75) is 26.8 Å². The van der Waals surface area contributed by atoms with Gasteiger partial charge in [-0.3, -0.25) is 4.79 Å². The van der Waals surface area contributed by atoms with Gasteiger partial charge in [0.2, 0.25) is 5.91 Å². The van der Waals surface area contributed by atoms with Crippen molar-refractivity contribution in [3.8, 4) is 0 Å². The third kappa shape index (κ3) is 2.67. The number of carbonyl (C=O) groups is 1. The van der Waals surface area contributed by atoms with Gasteiger partial charge in [0.15, 0.2) is 11.3 Å². The monoisotopic (exact) mass is 295 g/mol. The van der Waals surface area contributed by atoms with E-state index in [1.54, 1.807) is 23.3 Å². The number of nitrogens with one attached hydrogen (secondary N) is 1. The molecular weight excluding hydrogens is 278 g/mol. The van der Waals surface area contributed by atoms with Gasteiger partial charge in [-0.2, -0.15) is 0 Å². The first-order chi connectivity index (χ1) is 10.7. The van der Waals surface area contributed by atoms with Crippen molar-refractivity contribution < 1.29 is 4.79 Å². The predicted molar refractivity (Wildman–Crippen MR) is 84.5 cm³/mol. The molecule has 3 rings (SSSR count). The van der Waals surface area contributed by atoms with Gasteiger partial charge in [0, 0.05) is 18.1 Å². The molecule has 0 atom stereocenters. The third-order valence-corrected chi connectivity index (χ3v) is 3.57. The zero-order chi connectivity index (χ0) is 15.5. The number of aromatic nitrogens is 4. The van der Waals surface area contributed by atoms with Gasteiger partial charge in [-0.05, 0) is 24.5 Å². The summed E-state index contributed by atoms with van der Waals surface area (Å²) in [5.41, 5.74) is 4.23. The Morgan fingerprint density at radius 1 is 1.23 bits per heavy atom. The molecule has 0 saturated carbocycles. The van der Waals surface area contributed by atoms with Gasteiger partial charge < -0.3 is 9.88 Å². The van der Waals surface area contributed by atoms with Crippen LogP contribution in [0.3, 0.4) is 0 Å². The van der Waals surface area contributed by atoms with E-state index in [4.69, 9.17) is 0 Å². The molecule has 22 heavy (non-hydrogen) atoms. The molecule has 0 aliphatic rings. The Balaban J connectivity index is 1.81. The topological polar surface area (TPSA) is 72.7 Å². The van der Waals surface area contributed by atoms with Crippen LogP contribution in [0.5, 0.6) is 0 Å². The molecule has 1 N–H and O–H groups in total. The number of nitrogens with zero attached hydrogens (tertiary/aromatic N) is 4. The lowest BCUT2D eigenvalue weighted by Gasteiger charge is -2.13. The molecule has 1 amide bonds. The van der Waals surface area contributed by atoms with E-state index in [9.17, 15) is 4.79 Å². The van der Waals surface area contributed by atoms with E-state index in [1.807, 2.05) is 25.1 Å². The van der Waals surface area contributed by atoms with Crippen LogP contribution in [-0.2, 0) is 17.8 Å². The number of hydrogen-bond donors (Lipinski definition) is 1. The Morgan fingerprint density at radius 2 is 2.05 bits per heavy atom. The van der Waals surface area contributed by atoms with E-state index in [2.05, 4.69) is 27.2 Å². The maximum absolute atomic E-state index is 12.3. The fourth-order valence-electron chi connectivity index (χ4n) is 2.45. The molecule has 112 valence electrons. The van der Waals surface area contributed by atoms with Crippen LogP contribution in [-0.4, -0.2) is 25.4 Å². The fourth-order valence-corrected chi connectivity index (χ4v) is 2.45. The summed E-state index contributed by atoms with van der Waals surface area (Å²) in [5, 5.41) is 3.00. The van der Waals surface area contributed by atoms with Crippen molar-refractivity contribution in [3.05, 3.63) is 48.0 Å². The number of carbonyl (C=O) groups excluding carboxylic acids is 1. The number of amides is 1. The molecule has 0 aliphatic carbocycles. The van der Waals surface area contributed by atoms with Crippen LogP contribution in [0.4, 0.5) is 5.69 Å². The molecule has 2 aromatic heterocycles. The first-order valence-electron chi connectivity index (χ1n) is 7.19. The summed E-state index contributed by atoms with van der Waals surface area (Å²) < 4.78 is 1.70. The third-order valence-electron chi connectivity index (χ3n) is 3.57. The molecule has 2 heterocycles. The van der Waals surface area contributed by atoms with Gasteiger partial charge in [-0.25, -0.2) is 15.0 Å². The second kappa shape index (κ2) is 5.93. The summed E-state index contributed by atoms with van der Waals surface area (Å²) in [7, 11) is 0. The highest BCUT2D eigenvalue weighted by molar-refractivity contribution is 5.92. The van der Waals surface area contributed by atoms with Crippen LogP contribution in [0.1, 0.15) is 18.1 Å². The number of aryl methyl sites for hydroxylation is 2. The van der Waals surface area contributed by atoms with Crippen LogP contribution < -0.4 is 5.32 Å². The summed E-state index contributed by atoms with van der Waals surface area (Å²) in [6.45, 7) is 4.23. The summed E-state index contributed by atoms with van der Waals surface area (Å²) >= 11 is 0. The van der Waals surface area contributed by atoms with Gasteiger partial charge in [0.25, 0.3) is 0 Å². The number of anilines is 1. The molecule has 6 heteroatoms. The second-order valence-electron chi connectivity index (χ2n) is 5.09. The highest BCUT2D eigenvalue weighted by Gasteiger charge is 2.11. The largest absolute Gasteiger partial charge is 0.324 e. The first-order valence-corrected chi connectivity index (χ1v) is 7.19. The molecule has 6 nitrogen and oxygen atoms in total. The molecule has 0 fully saturated rings. The summed E-state index contributed by atoms with van der Waals surface area (Å²) in [6, 6.07) is 6.02. The maximum atomic E-state index is 12.3. The van der Waals surface area contributed by atoms with Crippen molar-refractivity contribution in [2.24, 2.45) is 0 Å². The number of imidazole rings is 1. The number of fused-ring (bicyclic) bond motifs is 1. The molecule has 0 unspecified atom stereocenters. The lowest BCUT2D eigenvalue weighted by Crippen LogP contribution is -2.20. The smallest absolute Gasteiger partial charge is 0.244 e. The number of rotatable bonds is 4. The van der Waals surface area contributed by atoms with Crippen LogP contribution >= 0.6 is 0 Å². The van der Waals surface area contributed by atoms with E-state index in [1.165, 1.54) is 0 Å². The van der Waals surface area contributed by atoms with Crippen LogP contribution in [0.25, 0.3) is 11.3 Å². The average molecular weight is 295 g/mol. The zero-order valence-corrected chi connectivity index (χ0v) is 12.6. The molecule has 3 aromatic rings. The van der Waals surface area contributed by atoms with Crippen molar-refractivity contribution in [3.63, 3.8) is 0 Å². The van der Waals surface area contributed by atoms with Gasteiger partial charge >= 0.3 is 0 Å². The molecule has 0 spiro atoms. The molecular formula is C16H17N5O. The Kier molecular flexibility index (Phi) is 3.82. The first kappa shape index (κ1) is 14.2. The van der Waals surface area contributed by atoms with E-state index < -0.39 is 0 Å². The minimum atomic E-state index is -0.103. The van der Waals surface area contributed by atoms with Crippen molar-refractivity contribution >= 4 is 22.9 Å². The van der Waals surface area contributed by atoms with E-state index in [-0.39, 0.29) is 12.5 Å². The Labute approximate surface area is 128 Å². The Morgan fingerprint density at radius 3 is 2.86 bits per heavy atom. The molecule has 0 radical (unpaired) electrons. The SMILES string of the molecule is CCc1cccc(C)c1NC(=O)Cn1cnc2nccnc21. The van der Waals surface area contributed by atoms with Crippen LogP contribution in [0.15, 0.2) is 36.9 Å².